The number of rotatable bonds is 5. The molecule has 1 N–H and O–H groups in total. The molecule has 150 valence electrons. The fourth-order valence-electron chi connectivity index (χ4n) is 5.94. The van der Waals surface area contributed by atoms with Crippen LogP contribution in [-0.2, 0) is 4.74 Å². The second kappa shape index (κ2) is 8.52. The summed E-state index contributed by atoms with van der Waals surface area (Å²) in [5, 5.41) is 3.90. The summed E-state index contributed by atoms with van der Waals surface area (Å²) in [5.41, 5.74) is 0.416. The van der Waals surface area contributed by atoms with Crippen LogP contribution in [0.15, 0.2) is 4.99 Å². The highest BCUT2D eigenvalue weighted by atomic mass is 127. The average Bonchev–Trinajstić information content (AvgIpc) is 3.17. The molecule has 5 nitrogen and oxygen atoms in total. The van der Waals surface area contributed by atoms with E-state index in [4.69, 9.17) is 9.73 Å². The summed E-state index contributed by atoms with van der Waals surface area (Å²) in [6.07, 6.45) is 8.45. The molecule has 0 radical (unpaired) electrons. The molecule has 2 aliphatic carbocycles. The standard InChI is InChI=1S/C20H36N4O.HI/c1-4-21-19(23(3)14-15-8-6-12-24(15)5-2)22-17-16-9-13-25-18(16)20(17)10-7-11-20;/h15-18H,4-14H2,1-3H3,(H,21,22);1H. The van der Waals surface area contributed by atoms with Gasteiger partial charge in [0.1, 0.15) is 0 Å². The number of halogens is 1. The summed E-state index contributed by atoms with van der Waals surface area (Å²) in [4.78, 5) is 9.86. The molecule has 4 rings (SSSR count). The van der Waals surface area contributed by atoms with E-state index >= 15 is 0 Å². The van der Waals surface area contributed by atoms with E-state index in [9.17, 15) is 0 Å². The van der Waals surface area contributed by atoms with Gasteiger partial charge in [0.05, 0.1) is 6.10 Å². The van der Waals surface area contributed by atoms with E-state index in [1.54, 1.807) is 0 Å². The molecule has 0 aromatic heterocycles. The molecule has 2 heterocycles. The van der Waals surface area contributed by atoms with Gasteiger partial charge in [0.15, 0.2) is 5.96 Å². The Kier molecular flexibility index (Phi) is 6.76. The van der Waals surface area contributed by atoms with E-state index in [0.29, 0.717) is 29.5 Å². The third-order valence-corrected chi connectivity index (χ3v) is 7.38. The van der Waals surface area contributed by atoms with Crippen molar-refractivity contribution in [2.75, 3.05) is 39.8 Å². The summed E-state index contributed by atoms with van der Waals surface area (Å²) in [6.45, 7) is 9.74. The zero-order chi connectivity index (χ0) is 17.4. The van der Waals surface area contributed by atoms with Gasteiger partial charge in [-0.1, -0.05) is 13.3 Å². The summed E-state index contributed by atoms with van der Waals surface area (Å²) < 4.78 is 6.08. The quantitative estimate of drug-likeness (QED) is 0.377. The summed E-state index contributed by atoms with van der Waals surface area (Å²) in [7, 11) is 2.22. The van der Waals surface area contributed by atoms with Crippen LogP contribution in [0.1, 0.15) is 52.4 Å². The maximum Gasteiger partial charge on any atom is 0.193 e. The van der Waals surface area contributed by atoms with Gasteiger partial charge in [-0.2, -0.15) is 0 Å². The van der Waals surface area contributed by atoms with Crippen molar-refractivity contribution in [1.29, 1.82) is 0 Å². The average molecular weight is 476 g/mol. The number of guanidine groups is 1. The Morgan fingerprint density at radius 1 is 1.27 bits per heavy atom. The fourth-order valence-corrected chi connectivity index (χ4v) is 5.94. The molecule has 2 saturated carbocycles. The van der Waals surface area contributed by atoms with Crippen LogP contribution < -0.4 is 5.32 Å². The fraction of sp³-hybridized carbons (Fsp3) is 0.950. The molecule has 6 heteroatoms. The van der Waals surface area contributed by atoms with Gasteiger partial charge >= 0.3 is 0 Å². The topological polar surface area (TPSA) is 40.1 Å². The first kappa shape index (κ1) is 20.6. The zero-order valence-corrected chi connectivity index (χ0v) is 19.1. The van der Waals surface area contributed by atoms with Crippen molar-refractivity contribution in [2.45, 2.75) is 70.6 Å². The molecule has 4 fully saturated rings. The predicted octanol–water partition coefficient (Wildman–Crippen LogP) is 2.94. The highest BCUT2D eigenvalue weighted by molar-refractivity contribution is 14.0. The number of fused-ring (bicyclic) bond motifs is 2. The molecule has 26 heavy (non-hydrogen) atoms. The Labute approximate surface area is 176 Å². The van der Waals surface area contributed by atoms with Crippen molar-refractivity contribution < 1.29 is 4.74 Å². The largest absolute Gasteiger partial charge is 0.377 e. The molecule has 4 unspecified atom stereocenters. The zero-order valence-electron chi connectivity index (χ0n) is 16.7. The van der Waals surface area contributed by atoms with Gasteiger partial charge < -0.3 is 15.0 Å². The van der Waals surface area contributed by atoms with Gasteiger partial charge in [-0.15, -0.1) is 24.0 Å². The molecular weight excluding hydrogens is 439 g/mol. The number of hydrogen-bond acceptors (Lipinski definition) is 3. The number of nitrogens with zero attached hydrogens (tertiary/aromatic N) is 3. The van der Waals surface area contributed by atoms with E-state index < -0.39 is 0 Å². The number of hydrogen-bond donors (Lipinski definition) is 1. The van der Waals surface area contributed by atoms with Crippen molar-refractivity contribution in [3.63, 3.8) is 0 Å². The van der Waals surface area contributed by atoms with Crippen LogP contribution in [0.5, 0.6) is 0 Å². The molecule has 0 amide bonds. The molecule has 0 aromatic carbocycles. The first-order valence-electron chi connectivity index (χ1n) is 10.6. The lowest BCUT2D eigenvalue weighted by molar-refractivity contribution is -0.171. The Hall–Kier alpha value is -0.0800. The predicted molar refractivity (Wildman–Crippen MR) is 117 cm³/mol. The van der Waals surface area contributed by atoms with Crippen LogP contribution >= 0.6 is 24.0 Å². The van der Waals surface area contributed by atoms with Gasteiger partial charge in [0.25, 0.3) is 0 Å². The Morgan fingerprint density at radius 3 is 2.73 bits per heavy atom. The molecule has 0 bridgehead atoms. The van der Waals surface area contributed by atoms with E-state index in [1.807, 2.05) is 0 Å². The smallest absolute Gasteiger partial charge is 0.193 e. The maximum absolute atomic E-state index is 6.08. The van der Waals surface area contributed by atoms with Crippen LogP contribution in [0.25, 0.3) is 0 Å². The second-order valence-corrected chi connectivity index (χ2v) is 8.56. The highest BCUT2D eigenvalue weighted by Crippen LogP contribution is 2.62. The Bertz CT molecular complexity index is 510. The minimum absolute atomic E-state index is 0. The number of likely N-dealkylation sites (tertiary alicyclic amines) is 1. The van der Waals surface area contributed by atoms with E-state index in [-0.39, 0.29) is 24.0 Å². The molecule has 4 aliphatic rings. The van der Waals surface area contributed by atoms with Gasteiger partial charge in [-0.25, -0.2) is 0 Å². The maximum atomic E-state index is 6.08. The van der Waals surface area contributed by atoms with Crippen molar-refractivity contribution in [1.82, 2.24) is 15.1 Å². The van der Waals surface area contributed by atoms with E-state index in [0.717, 1.165) is 25.7 Å². The van der Waals surface area contributed by atoms with Gasteiger partial charge in [0.2, 0.25) is 0 Å². The number of nitrogens with one attached hydrogen (secondary N) is 1. The lowest BCUT2D eigenvalue weighted by atomic mass is 9.46. The normalized spacial score (nSPS) is 35.4. The van der Waals surface area contributed by atoms with Crippen LogP contribution in [0.4, 0.5) is 0 Å². The number of ether oxygens (including phenoxy) is 1. The van der Waals surface area contributed by atoms with Crippen molar-refractivity contribution in [3.8, 4) is 0 Å². The molecule has 2 saturated heterocycles. The van der Waals surface area contributed by atoms with Crippen LogP contribution in [-0.4, -0.2) is 73.8 Å². The highest BCUT2D eigenvalue weighted by Gasteiger charge is 2.66. The number of aliphatic imine (C=N–C) groups is 1. The van der Waals surface area contributed by atoms with Crippen molar-refractivity contribution >= 4 is 29.9 Å². The van der Waals surface area contributed by atoms with Crippen LogP contribution in [0, 0.1) is 11.3 Å². The van der Waals surface area contributed by atoms with Crippen LogP contribution in [0.2, 0.25) is 0 Å². The monoisotopic (exact) mass is 476 g/mol. The Morgan fingerprint density at radius 2 is 2.08 bits per heavy atom. The van der Waals surface area contributed by atoms with Gasteiger partial charge in [0, 0.05) is 50.2 Å². The molecular formula is C20H37IN4O. The molecule has 4 atom stereocenters. The summed E-state index contributed by atoms with van der Waals surface area (Å²) >= 11 is 0. The number of likely N-dealkylation sites (N-methyl/N-ethyl adjacent to an activating group) is 2. The molecule has 1 spiro atoms. The SMILES string of the molecule is CCN=C(NC1C2CCOC2C12CCC2)N(C)CC1CCCN1CC.I. The third-order valence-electron chi connectivity index (χ3n) is 7.38. The summed E-state index contributed by atoms with van der Waals surface area (Å²) in [6, 6.07) is 1.26. The van der Waals surface area contributed by atoms with Gasteiger partial charge in [-0.3, -0.25) is 9.89 Å². The van der Waals surface area contributed by atoms with E-state index in [1.165, 1.54) is 51.6 Å². The Balaban J connectivity index is 0.00000196. The first-order chi connectivity index (χ1) is 12.2. The summed E-state index contributed by atoms with van der Waals surface area (Å²) in [5.74, 6) is 1.82. The minimum atomic E-state index is 0. The van der Waals surface area contributed by atoms with Crippen molar-refractivity contribution in [3.05, 3.63) is 0 Å². The van der Waals surface area contributed by atoms with Gasteiger partial charge in [-0.05, 0) is 52.1 Å². The van der Waals surface area contributed by atoms with Crippen LogP contribution in [0.3, 0.4) is 0 Å². The third kappa shape index (κ3) is 3.39. The lowest BCUT2D eigenvalue weighted by Crippen LogP contribution is -2.72. The molecule has 2 aliphatic heterocycles. The lowest BCUT2D eigenvalue weighted by Gasteiger charge is -2.63. The second-order valence-electron chi connectivity index (χ2n) is 8.56. The molecule has 0 aromatic rings. The minimum Gasteiger partial charge on any atom is -0.377 e. The van der Waals surface area contributed by atoms with Crippen molar-refractivity contribution in [2.24, 2.45) is 16.3 Å². The first-order valence-corrected chi connectivity index (χ1v) is 10.6. The van der Waals surface area contributed by atoms with E-state index in [2.05, 4.69) is 36.0 Å².